The predicted molar refractivity (Wildman–Crippen MR) is 66.4 cm³/mol. The molecule has 0 radical (unpaired) electrons. The summed E-state index contributed by atoms with van der Waals surface area (Å²) in [5.41, 5.74) is 5.52. The number of carbonyl (C=O) groups excluding carboxylic acids is 1. The van der Waals surface area contributed by atoms with Crippen LogP contribution in [0.3, 0.4) is 0 Å². The van der Waals surface area contributed by atoms with E-state index in [1.165, 1.54) is 12.8 Å². The van der Waals surface area contributed by atoms with Gasteiger partial charge in [-0.1, -0.05) is 25.7 Å². The monoisotopic (exact) mass is 240 g/mol. The predicted octanol–water partition coefficient (Wildman–Crippen LogP) is 0.925. The third-order valence-electron chi connectivity index (χ3n) is 4.38. The quantitative estimate of drug-likeness (QED) is 0.642. The zero-order chi connectivity index (χ0) is 12.3. The highest BCUT2D eigenvalue weighted by Crippen LogP contribution is 2.35. The number of carbonyl (C=O) groups is 1. The molecule has 0 atom stereocenters. The minimum absolute atomic E-state index is 0.124. The van der Waals surface area contributed by atoms with E-state index >= 15 is 0 Å². The lowest BCUT2D eigenvalue weighted by Gasteiger charge is -2.37. The van der Waals surface area contributed by atoms with E-state index < -0.39 is 0 Å². The van der Waals surface area contributed by atoms with Crippen LogP contribution in [0.5, 0.6) is 0 Å². The number of nitrogens with one attached hydrogen (secondary N) is 1. The molecule has 0 aromatic heterocycles. The summed E-state index contributed by atoms with van der Waals surface area (Å²) in [6.45, 7) is 0.452. The maximum Gasteiger partial charge on any atom is 0.227 e. The molecule has 0 saturated heterocycles. The van der Waals surface area contributed by atoms with Crippen LogP contribution in [0.2, 0.25) is 0 Å². The van der Waals surface area contributed by atoms with Gasteiger partial charge in [0, 0.05) is 12.6 Å². The first kappa shape index (κ1) is 12.8. The van der Waals surface area contributed by atoms with Crippen molar-refractivity contribution in [3.8, 4) is 0 Å². The zero-order valence-corrected chi connectivity index (χ0v) is 10.5. The summed E-state index contributed by atoms with van der Waals surface area (Å²) < 4.78 is 0. The molecule has 2 fully saturated rings. The molecule has 0 aromatic rings. The minimum atomic E-state index is -0.336. The molecule has 4 N–H and O–H groups in total. The number of aliphatic hydroxyl groups excluding tert-OH is 1. The van der Waals surface area contributed by atoms with Crippen molar-refractivity contribution >= 4 is 5.91 Å². The Morgan fingerprint density at radius 2 is 1.82 bits per heavy atom. The molecule has 0 unspecified atom stereocenters. The zero-order valence-electron chi connectivity index (χ0n) is 10.5. The van der Waals surface area contributed by atoms with Crippen LogP contribution < -0.4 is 11.1 Å². The standard InChI is InChI=1S/C13H24N2O2/c14-9-13(5-3-1-2-4-6-13)12(17)15-10-7-11(16)8-10/h10-11,16H,1-9,14H2,(H,15,17). The van der Waals surface area contributed by atoms with Crippen molar-refractivity contribution in [2.45, 2.75) is 63.5 Å². The van der Waals surface area contributed by atoms with Crippen molar-refractivity contribution < 1.29 is 9.90 Å². The molecule has 1 amide bonds. The first-order chi connectivity index (χ1) is 8.16. The molecule has 17 heavy (non-hydrogen) atoms. The Labute approximate surface area is 103 Å². The van der Waals surface area contributed by atoms with Gasteiger partial charge in [-0.3, -0.25) is 4.79 Å². The van der Waals surface area contributed by atoms with Crippen molar-refractivity contribution in [2.24, 2.45) is 11.1 Å². The van der Waals surface area contributed by atoms with Crippen molar-refractivity contribution in [3.05, 3.63) is 0 Å². The Kier molecular flexibility index (Phi) is 4.05. The first-order valence-corrected chi connectivity index (χ1v) is 6.85. The van der Waals surface area contributed by atoms with E-state index in [4.69, 9.17) is 5.73 Å². The number of aliphatic hydroxyl groups is 1. The van der Waals surface area contributed by atoms with E-state index in [0.717, 1.165) is 25.7 Å². The van der Waals surface area contributed by atoms with Gasteiger partial charge in [-0.05, 0) is 25.7 Å². The molecule has 98 valence electrons. The Morgan fingerprint density at radius 1 is 1.24 bits per heavy atom. The molecule has 0 aliphatic heterocycles. The van der Waals surface area contributed by atoms with Gasteiger partial charge in [0.15, 0.2) is 0 Å². The lowest BCUT2D eigenvalue weighted by Crippen LogP contribution is -2.53. The van der Waals surface area contributed by atoms with Gasteiger partial charge >= 0.3 is 0 Å². The highest BCUT2D eigenvalue weighted by Gasteiger charge is 2.39. The summed E-state index contributed by atoms with van der Waals surface area (Å²) >= 11 is 0. The molecule has 0 aromatic carbocycles. The molecule has 2 rings (SSSR count). The van der Waals surface area contributed by atoms with Crippen LogP contribution in [0.15, 0.2) is 0 Å². The van der Waals surface area contributed by atoms with E-state index in [1.807, 2.05) is 0 Å². The fourth-order valence-corrected chi connectivity index (χ4v) is 2.97. The fourth-order valence-electron chi connectivity index (χ4n) is 2.97. The molecule has 0 spiro atoms. The number of amides is 1. The van der Waals surface area contributed by atoms with Crippen LogP contribution in [-0.2, 0) is 4.79 Å². The summed E-state index contributed by atoms with van der Waals surface area (Å²) in [5.74, 6) is 0.124. The highest BCUT2D eigenvalue weighted by molar-refractivity contribution is 5.83. The topological polar surface area (TPSA) is 75.4 Å². The SMILES string of the molecule is NCC1(C(=O)NC2CC(O)C2)CCCCCC1. The van der Waals surface area contributed by atoms with E-state index in [1.54, 1.807) is 0 Å². The molecule has 2 aliphatic rings. The van der Waals surface area contributed by atoms with Gasteiger partial charge in [0.2, 0.25) is 5.91 Å². The second-order valence-electron chi connectivity index (χ2n) is 5.69. The summed E-state index contributed by atoms with van der Waals surface area (Å²) in [6, 6.07) is 0.171. The van der Waals surface area contributed by atoms with E-state index in [2.05, 4.69) is 5.32 Å². The van der Waals surface area contributed by atoms with Gasteiger partial charge in [0.05, 0.1) is 11.5 Å². The van der Waals surface area contributed by atoms with Gasteiger partial charge in [-0.2, -0.15) is 0 Å². The van der Waals surface area contributed by atoms with E-state index in [-0.39, 0.29) is 23.5 Å². The second-order valence-corrected chi connectivity index (χ2v) is 5.69. The Balaban J connectivity index is 1.93. The Morgan fingerprint density at radius 3 is 2.29 bits per heavy atom. The third-order valence-corrected chi connectivity index (χ3v) is 4.38. The average molecular weight is 240 g/mol. The van der Waals surface area contributed by atoms with Crippen molar-refractivity contribution in [1.29, 1.82) is 0 Å². The Bertz CT molecular complexity index is 267. The van der Waals surface area contributed by atoms with Gasteiger partial charge in [0.25, 0.3) is 0 Å². The molecule has 0 heterocycles. The number of hydrogen-bond donors (Lipinski definition) is 3. The third kappa shape index (κ3) is 2.80. The molecule has 0 bridgehead atoms. The molecular weight excluding hydrogens is 216 g/mol. The van der Waals surface area contributed by atoms with Crippen LogP contribution in [0.25, 0.3) is 0 Å². The Hall–Kier alpha value is -0.610. The summed E-state index contributed by atoms with van der Waals surface area (Å²) in [7, 11) is 0. The largest absolute Gasteiger partial charge is 0.393 e. The second kappa shape index (κ2) is 5.36. The van der Waals surface area contributed by atoms with Gasteiger partial charge < -0.3 is 16.2 Å². The summed E-state index contributed by atoms with van der Waals surface area (Å²) in [5, 5.41) is 12.3. The number of hydrogen-bond acceptors (Lipinski definition) is 3. The molecule has 2 aliphatic carbocycles. The van der Waals surface area contributed by atoms with E-state index in [0.29, 0.717) is 19.4 Å². The van der Waals surface area contributed by atoms with Gasteiger partial charge in [-0.25, -0.2) is 0 Å². The lowest BCUT2D eigenvalue weighted by atomic mass is 9.78. The maximum atomic E-state index is 12.3. The van der Waals surface area contributed by atoms with Crippen molar-refractivity contribution in [1.82, 2.24) is 5.32 Å². The maximum absolute atomic E-state index is 12.3. The minimum Gasteiger partial charge on any atom is -0.393 e. The van der Waals surface area contributed by atoms with Crippen molar-refractivity contribution in [3.63, 3.8) is 0 Å². The van der Waals surface area contributed by atoms with Crippen LogP contribution in [0.4, 0.5) is 0 Å². The van der Waals surface area contributed by atoms with Gasteiger partial charge in [0.1, 0.15) is 0 Å². The lowest BCUT2D eigenvalue weighted by molar-refractivity contribution is -0.133. The molecular formula is C13H24N2O2. The van der Waals surface area contributed by atoms with Crippen LogP contribution in [0.1, 0.15) is 51.4 Å². The summed E-state index contributed by atoms with van der Waals surface area (Å²) in [4.78, 5) is 12.3. The van der Waals surface area contributed by atoms with Crippen LogP contribution in [0, 0.1) is 5.41 Å². The smallest absolute Gasteiger partial charge is 0.227 e. The molecule has 4 heteroatoms. The number of nitrogens with two attached hydrogens (primary N) is 1. The first-order valence-electron chi connectivity index (χ1n) is 6.85. The normalized spacial score (nSPS) is 32.4. The van der Waals surface area contributed by atoms with E-state index in [9.17, 15) is 9.90 Å². The molecule has 4 nitrogen and oxygen atoms in total. The molecule has 2 saturated carbocycles. The number of rotatable bonds is 3. The van der Waals surface area contributed by atoms with Crippen LogP contribution in [-0.4, -0.2) is 29.7 Å². The van der Waals surface area contributed by atoms with Crippen molar-refractivity contribution in [2.75, 3.05) is 6.54 Å². The summed E-state index contributed by atoms with van der Waals surface area (Å²) in [6.07, 6.45) is 7.68. The highest BCUT2D eigenvalue weighted by atomic mass is 16.3. The van der Waals surface area contributed by atoms with Crippen LogP contribution >= 0.6 is 0 Å². The van der Waals surface area contributed by atoms with Gasteiger partial charge in [-0.15, -0.1) is 0 Å². The fraction of sp³-hybridized carbons (Fsp3) is 0.923. The average Bonchev–Trinajstić information content (AvgIpc) is 2.53.